The Kier molecular flexibility index (Phi) is 3.29. The smallest absolute Gasteiger partial charge is 0.0727 e. The van der Waals surface area contributed by atoms with Crippen molar-refractivity contribution in [2.24, 2.45) is 5.84 Å². The lowest BCUT2D eigenvalue weighted by atomic mass is 9.98. The normalized spacial score (nSPS) is 12.4. The number of benzene rings is 1. The Morgan fingerprint density at radius 2 is 1.88 bits per heavy atom. The summed E-state index contributed by atoms with van der Waals surface area (Å²) < 4.78 is 0. The first-order chi connectivity index (χ1) is 7.83. The van der Waals surface area contributed by atoms with Crippen LogP contribution in [0.15, 0.2) is 48.7 Å². The van der Waals surface area contributed by atoms with Crippen LogP contribution in [0.2, 0.25) is 0 Å². The zero-order chi connectivity index (χ0) is 11.4. The number of nitrogens with one attached hydrogen (secondary N) is 1. The Morgan fingerprint density at radius 3 is 2.50 bits per heavy atom. The number of aryl methyl sites for hydroxylation is 1. The molecule has 0 aliphatic heterocycles. The number of pyridine rings is 1. The molecule has 1 aromatic heterocycles. The SMILES string of the molecule is Cc1ncccc1C(NN)c1ccccc1. The molecule has 0 saturated heterocycles. The lowest BCUT2D eigenvalue weighted by Crippen LogP contribution is -2.29. The predicted molar refractivity (Wildman–Crippen MR) is 64.6 cm³/mol. The van der Waals surface area contributed by atoms with E-state index in [1.165, 1.54) is 0 Å². The van der Waals surface area contributed by atoms with Crippen LogP contribution in [0.1, 0.15) is 22.9 Å². The highest BCUT2D eigenvalue weighted by atomic mass is 15.2. The van der Waals surface area contributed by atoms with Gasteiger partial charge in [0.05, 0.1) is 6.04 Å². The molecule has 3 N–H and O–H groups in total. The van der Waals surface area contributed by atoms with Gasteiger partial charge in [-0.1, -0.05) is 36.4 Å². The van der Waals surface area contributed by atoms with Gasteiger partial charge in [0, 0.05) is 11.9 Å². The Hall–Kier alpha value is -1.71. The molecule has 0 bridgehead atoms. The molecule has 0 fully saturated rings. The first kappa shape index (κ1) is 10.8. The van der Waals surface area contributed by atoms with Crippen LogP contribution in [0.5, 0.6) is 0 Å². The van der Waals surface area contributed by atoms with Gasteiger partial charge in [-0.15, -0.1) is 0 Å². The largest absolute Gasteiger partial charge is 0.271 e. The van der Waals surface area contributed by atoms with Crippen LogP contribution in [0.3, 0.4) is 0 Å². The van der Waals surface area contributed by atoms with Gasteiger partial charge in [-0.3, -0.25) is 10.8 Å². The lowest BCUT2D eigenvalue weighted by Gasteiger charge is -2.18. The van der Waals surface area contributed by atoms with E-state index in [-0.39, 0.29) is 6.04 Å². The Morgan fingerprint density at radius 1 is 1.12 bits per heavy atom. The quantitative estimate of drug-likeness (QED) is 0.605. The van der Waals surface area contributed by atoms with E-state index in [1.807, 2.05) is 37.3 Å². The predicted octanol–water partition coefficient (Wildman–Crippen LogP) is 1.94. The van der Waals surface area contributed by atoms with Crippen LogP contribution >= 0.6 is 0 Å². The van der Waals surface area contributed by atoms with E-state index in [4.69, 9.17) is 5.84 Å². The summed E-state index contributed by atoms with van der Waals surface area (Å²) >= 11 is 0. The van der Waals surface area contributed by atoms with Gasteiger partial charge in [-0.2, -0.15) is 0 Å². The molecule has 1 aromatic carbocycles. The van der Waals surface area contributed by atoms with Crippen molar-refractivity contribution in [2.75, 3.05) is 0 Å². The van der Waals surface area contributed by atoms with Crippen LogP contribution in [0.25, 0.3) is 0 Å². The van der Waals surface area contributed by atoms with Crippen LogP contribution in [-0.4, -0.2) is 4.98 Å². The molecule has 0 saturated carbocycles. The molecule has 16 heavy (non-hydrogen) atoms. The van der Waals surface area contributed by atoms with Gasteiger partial charge >= 0.3 is 0 Å². The minimum absolute atomic E-state index is 0.00472. The average molecular weight is 213 g/mol. The van der Waals surface area contributed by atoms with E-state index in [9.17, 15) is 0 Å². The average Bonchev–Trinajstić information content (AvgIpc) is 2.34. The van der Waals surface area contributed by atoms with Crippen molar-refractivity contribution in [1.82, 2.24) is 10.4 Å². The standard InChI is InChI=1S/C13H15N3/c1-10-12(8-5-9-15-10)13(16-14)11-6-3-2-4-7-11/h2-9,13,16H,14H2,1H3. The lowest BCUT2D eigenvalue weighted by molar-refractivity contribution is 0.630. The number of nitrogens with two attached hydrogens (primary N) is 1. The summed E-state index contributed by atoms with van der Waals surface area (Å²) in [5, 5.41) is 0. The zero-order valence-corrected chi connectivity index (χ0v) is 9.22. The molecule has 0 amide bonds. The van der Waals surface area contributed by atoms with Gasteiger partial charge in [0.15, 0.2) is 0 Å². The second-order valence-corrected chi connectivity index (χ2v) is 3.69. The Balaban J connectivity index is 2.41. The summed E-state index contributed by atoms with van der Waals surface area (Å²) in [6.07, 6.45) is 1.79. The van der Waals surface area contributed by atoms with Gasteiger partial charge in [-0.25, -0.2) is 5.43 Å². The zero-order valence-electron chi connectivity index (χ0n) is 9.22. The van der Waals surface area contributed by atoms with Crippen molar-refractivity contribution >= 4 is 0 Å². The monoisotopic (exact) mass is 213 g/mol. The topological polar surface area (TPSA) is 50.9 Å². The minimum atomic E-state index is -0.00472. The van der Waals surface area contributed by atoms with Crippen LogP contribution in [0, 0.1) is 6.92 Å². The molecule has 1 atom stereocenters. The molecule has 0 radical (unpaired) electrons. The number of rotatable bonds is 3. The van der Waals surface area contributed by atoms with Gasteiger partial charge in [-0.05, 0) is 24.1 Å². The molecule has 3 heteroatoms. The molecule has 0 spiro atoms. The first-order valence-electron chi connectivity index (χ1n) is 5.25. The molecule has 3 nitrogen and oxygen atoms in total. The molecule has 1 unspecified atom stereocenters. The van der Waals surface area contributed by atoms with Crippen molar-refractivity contribution in [2.45, 2.75) is 13.0 Å². The molecule has 0 aliphatic rings. The summed E-state index contributed by atoms with van der Waals surface area (Å²) in [7, 11) is 0. The summed E-state index contributed by atoms with van der Waals surface area (Å²) in [5.74, 6) is 5.63. The van der Waals surface area contributed by atoms with Crippen LogP contribution < -0.4 is 11.3 Å². The maximum atomic E-state index is 5.63. The molecule has 0 aliphatic carbocycles. The number of hydrogen-bond donors (Lipinski definition) is 2. The van der Waals surface area contributed by atoms with Crippen molar-refractivity contribution in [3.05, 3.63) is 65.5 Å². The van der Waals surface area contributed by atoms with Crippen molar-refractivity contribution in [1.29, 1.82) is 0 Å². The first-order valence-corrected chi connectivity index (χ1v) is 5.25. The molecule has 2 rings (SSSR count). The Bertz CT molecular complexity index is 454. The molecular formula is C13H15N3. The van der Waals surface area contributed by atoms with E-state index in [1.54, 1.807) is 6.20 Å². The third kappa shape index (κ3) is 2.10. The number of nitrogens with zero attached hydrogens (tertiary/aromatic N) is 1. The van der Waals surface area contributed by atoms with Crippen molar-refractivity contribution < 1.29 is 0 Å². The summed E-state index contributed by atoms with van der Waals surface area (Å²) in [6, 6.07) is 14.1. The fourth-order valence-electron chi connectivity index (χ4n) is 1.81. The fraction of sp³-hybridized carbons (Fsp3) is 0.154. The second-order valence-electron chi connectivity index (χ2n) is 3.69. The van der Waals surface area contributed by atoms with Crippen LogP contribution in [0.4, 0.5) is 0 Å². The van der Waals surface area contributed by atoms with E-state index in [0.29, 0.717) is 0 Å². The van der Waals surface area contributed by atoms with Gasteiger partial charge in [0.2, 0.25) is 0 Å². The highest BCUT2D eigenvalue weighted by molar-refractivity contribution is 5.33. The number of aromatic nitrogens is 1. The van der Waals surface area contributed by atoms with E-state index in [2.05, 4.69) is 22.5 Å². The third-order valence-corrected chi connectivity index (χ3v) is 2.66. The van der Waals surface area contributed by atoms with Crippen molar-refractivity contribution in [3.63, 3.8) is 0 Å². The molecule has 2 aromatic rings. The maximum Gasteiger partial charge on any atom is 0.0727 e. The van der Waals surface area contributed by atoms with Gasteiger partial charge < -0.3 is 0 Å². The molecule has 82 valence electrons. The highest BCUT2D eigenvalue weighted by Crippen LogP contribution is 2.22. The van der Waals surface area contributed by atoms with Crippen LogP contribution in [-0.2, 0) is 0 Å². The summed E-state index contributed by atoms with van der Waals surface area (Å²) in [5.41, 5.74) is 6.08. The molecule has 1 heterocycles. The van der Waals surface area contributed by atoms with Crippen molar-refractivity contribution in [3.8, 4) is 0 Å². The maximum absolute atomic E-state index is 5.63. The summed E-state index contributed by atoms with van der Waals surface area (Å²) in [4.78, 5) is 4.28. The van der Waals surface area contributed by atoms with E-state index in [0.717, 1.165) is 16.8 Å². The Labute approximate surface area is 95.3 Å². The van der Waals surface area contributed by atoms with E-state index >= 15 is 0 Å². The number of hydrazine groups is 1. The third-order valence-electron chi connectivity index (χ3n) is 2.66. The summed E-state index contributed by atoms with van der Waals surface area (Å²) in [6.45, 7) is 1.99. The van der Waals surface area contributed by atoms with E-state index < -0.39 is 0 Å². The highest BCUT2D eigenvalue weighted by Gasteiger charge is 2.13. The second kappa shape index (κ2) is 4.88. The molecular weight excluding hydrogens is 198 g/mol. The number of hydrogen-bond acceptors (Lipinski definition) is 3. The van der Waals surface area contributed by atoms with Gasteiger partial charge in [0.1, 0.15) is 0 Å². The minimum Gasteiger partial charge on any atom is -0.271 e. The fourth-order valence-corrected chi connectivity index (χ4v) is 1.81. The van der Waals surface area contributed by atoms with Gasteiger partial charge in [0.25, 0.3) is 0 Å².